The van der Waals surface area contributed by atoms with Crippen molar-refractivity contribution in [2.75, 3.05) is 26.4 Å². The molecule has 0 spiro atoms. The lowest BCUT2D eigenvalue weighted by Gasteiger charge is -2.42. The minimum Gasteiger partial charge on any atom is -0.462 e. The number of hydrogen-bond acceptors (Lipinski definition) is 15. The SMILES string of the molecule is CC/C=C/C/C=C/C/C=C/C/C=C/CCCCC(=O)OC[C@H](CO[C@@H]1O[C@H](CO[C@@H]2O[C@H](CO)[C@H](O)C(O)C2O)[C@H](O)C(O)C1O)OC(=O)CCCC/C=C/C/C=C/C/C=C/C/C=C/CC. The molecule has 0 aromatic rings. The first-order chi connectivity index (χ1) is 32.0. The summed E-state index contributed by atoms with van der Waals surface area (Å²) < 4.78 is 33.4. The average molecular weight is 933 g/mol. The highest BCUT2D eigenvalue weighted by atomic mass is 16.7. The van der Waals surface area contributed by atoms with Gasteiger partial charge in [0.15, 0.2) is 18.7 Å². The summed E-state index contributed by atoms with van der Waals surface area (Å²) in [7, 11) is 0. The molecular formula is C51H80O15. The minimum absolute atomic E-state index is 0.0973. The zero-order valence-corrected chi connectivity index (χ0v) is 39.1. The molecule has 15 nitrogen and oxygen atoms in total. The summed E-state index contributed by atoms with van der Waals surface area (Å²) in [6, 6.07) is 0. The van der Waals surface area contributed by atoms with Crippen molar-refractivity contribution in [3.63, 3.8) is 0 Å². The Morgan fingerprint density at radius 3 is 1.36 bits per heavy atom. The van der Waals surface area contributed by atoms with Crippen LogP contribution in [0.4, 0.5) is 0 Å². The van der Waals surface area contributed by atoms with Crippen molar-refractivity contribution >= 4 is 11.9 Å². The van der Waals surface area contributed by atoms with E-state index < -0.39 is 99.3 Å². The monoisotopic (exact) mass is 933 g/mol. The van der Waals surface area contributed by atoms with Crippen molar-refractivity contribution < 1.29 is 73.8 Å². The number of unbranched alkanes of at least 4 members (excludes halogenated alkanes) is 4. The molecule has 0 aromatic carbocycles. The third-order valence-corrected chi connectivity index (χ3v) is 10.6. The predicted octanol–water partition coefficient (Wildman–Crippen LogP) is 5.81. The van der Waals surface area contributed by atoms with Gasteiger partial charge in [0.1, 0.15) is 55.4 Å². The van der Waals surface area contributed by atoms with Gasteiger partial charge in [0, 0.05) is 12.8 Å². The smallest absolute Gasteiger partial charge is 0.306 e. The van der Waals surface area contributed by atoms with Gasteiger partial charge in [0.25, 0.3) is 0 Å². The second-order valence-electron chi connectivity index (χ2n) is 16.2. The van der Waals surface area contributed by atoms with Gasteiger partial charge in [-0.15, -0.1) is 0 Å². The number of hydrogen-bond donors (Lipinski definition) is 7. The maximum Gasteiger partial charge on any atom is 0.306 e. The average Bonchev–Trinajstić information content (AvgIpc) is 3.31. The van der Waals surface area contributed by atoms with Gasteiger partial charge in [-0.1, -0.05) is 111 Å². The number of allylic oxidation sites excluding steroid dienone is 16. The zero-order valence-electron chi connectivity index (χ0n) is 39.1. The standard InChI is InChI=1S/C51H80O15/c1-3-5-7-9-11-13-15-17-19-21-23-25-27-29-31-33-42(53)61-36-39(64-43(54)34-32-30-28-26-24-22-20-18-16-14-12-10-8-6-4-2)37-62-50-49(60)47(58)45(56)41(66-50)38-63-51-48(59)46(57)44(55)40(35-52)65-51/h5-8,11-14,17-20,23-26,39-41,44-52,55-60H,3-4,9-10,15-16,21-22,27-38H2,1-2H3/b7-5+,8-6+,13-11+,14-12+,19-17+,20-18+,25-23+,26-24+/t39-,40-,41-,44+,45+,46?,47?,48?,49?,50-,51-/m1/s1. The van der Waals surface area contributed by atoms with E-state index >= 15 is 0 Å². The lowest BCUT2D eigenvalue weighted by Crippen LogP contribution is -2.61. The predicted molar refractivity (Wildman–Crippen MR) is 252 cm³/mol. The Hall–Kier alpha value is -3.58. The van der Waals surface area contributed by atoms with Crippen LogP contribution >= 0.6 is 0 Å². The van der Waals surface area contributed by atoms with Gasteiger partial charge in [-0.2, -0.15) is 0 Å². The van der Waals surface area contributed by atoms with Crippen LogP contribution in [0, 0.1) is 0 Å². The Morgan fingerprint density at radius 2 is 0.894 bits per heavy atom. The molecule has 374 valence electrons. The third kappa shape index (κ3) is 25.5. The first-order valence-electron chi connectivity index (χ1n) is 23.8. The number of carbonyl (C=O) groups is 2. The molecule has 4 unspecified atom stereocenters. The first kappa shape index (κ1) is 58.5. The Bertz CT molecular complexity index is 1520. The van der Waals surface area contributed by atoms with E-state index in [4.69, 9.17) is 28.4 Å². The van der Waals surface area contributed by atoms with Gasteiger partial charge in [-0.05, 0) is 89.9 Å². The minimum atomic E-state index is -1.78. The van der Waals surface area contributed by atoms with Gasteiger partial charge in [-0.25, -0.2) is 0 Å². The molecule has 11 atom stereocenters. The Kier molecular flexibility index (Phi) is 33.2. The molecule has 2 aliphatic heterocycles. The fourth-order valence-corrected chi connectivity index (χ4v) is 6.67. The Labute approximate surface area is 392 Å². The summed E-state index contributed by atoms with van der Waals surface area (Å²) in [4.78, 5) is 25.7. The maximum atomic E-state index is 13.0. The fourth-order valence-electron chi connectivity index (χ4n) is 6.67. The highest BCUT2D eigenvalue weighted by Crippen LogP contribution is 2.26. The summed E-state index contributed by atoms with van der Waals surface area (Å²) >= 11 is 0. The van der Waals surface area contributed by atoms with Crippen LogP contribution in [0.5, 0.6) is 0 Å². The summed E-state index contributed by atoms with van der Waals surface area (Å²) in [6.45, 7) is 2.23. The molecule has 2 heterocycles. The second kappa shape index (κ2) is 37.4. The van der Waals surface area contributed by atoms with Gasteiger partial charge in [0.2, 0.25) is 0 Å². The van der Waals surface area contributed by atoms with Crippen LogP contribution in [0.15, 0.2) is 97.2 Å². The van der Waals surface area contributed by atoms with Crippen LogP contribution < -0.4 is 0 Å². The quantitative estimate of drug-likeness (QED) is 0.0229. The van der Waals surface area contributed by atoms with Gasteiger partial charge in [0.05, 0.1) is 19.8 Å². The molecule has 2 saturated heterocycles. The van der Waals surface area contributed by atoms with Gasteiger partial charge in [-0.3, -0.25) is 9.59 Å². The van der Waals surface area contributed by atoms with Gasteiger partial charge >= 0.3 is 11.9 Å². The van der Waals surface area contributed by atoms with E-state index in [0.29, 0.717) is 12.8 Å². The lowest BCUT2D eigenvalue weighted by atomic mass is 9.98. The lowest BCUT2D eigenvalue weighted by molar-refractivity contribution is -0.332. The highest BCUT2D eigenvalue weighted by molar-refractivity contribution is 5.70. The van der Waals surface area contributed by atoms with Crippen LogP contribution in [0.1, 0.15) is 117 Å². The van der Waals surface area contributed by atoms with Crippen LogP contribution in [0.25, 0.3) is 0 Å². The molecule has 0 saturated carbocycles. The maximum absolute atomic E-state index is 13.0. The van der Waals surface area contributed by atoms with Crippen molar-refractivity contribution in [3.05, 3.63) is 97.2 Å². The van der Waals surface area contributed by atoms with Crippen molar-refractivity contribution in [1.82, 2.24) is 0 Å². The second-order valence-corrected chi connectivity index (χ2v) is 16.2. The van der Waals surface area contributed by atoms with Crippen LogP contribution in [0.3, 0.4) is 0 Å². The van der Waals surface area contributed by atoms with E-state index in [9.17, 15) is 45.3 Å². The van der Waals surface area contributed by atoms with Gasteiger partial charge < -0.3 is 64.2 Å². The van der Waals surface area contributed by atoms with E-state index in [-0.39, 0.29) is 19.4 Å². The molecule has 0 radical (unpaired) electrons. The molecule has 66 heavy (non-hydrogen) atoms. The number of aliphatic hydroxyl groups is 7. The van der Waals surface area contributed by atoms with E-state index in [1.807, 2.05) is 0 Å². The molecule has 0 amide bonds. The molecule has 15 heteroatoms. The number of ether oxygens (including phenoxy) is 6. The highest BCUT2D eigenvalue weighted by Gasteiger charge is 2.47. The van der Waals surface area contributed by atoms with E-state index in [1.54, 1.807) is 0 Å². The summed E-state index contributed by atoms with van der Waals surface area (Å²) in [6.07, 6.45) is 28.8. The summed E-state index contributed by atoms with van der Waals surface area (Å²) in [5.74, 6) is -1.04. The summed E-state index contributed by atoms with van der Waals surface area (Å²) in [5.41, 5.74) is 0. The fraction of sp³-hybridized carbons (Fsp3) is 0.647. The Morgan fingerprint density at radius 1 is 0.485 bits per heavy atom. The first-order valence-corrected chi connectivity index (χ1v) is 23.8. The number of esters is 2. The zero-order chi connectivity index (χ0) is 48.2. The molecule has 2 rings (SSSR count). The van der Waals surface area contributed by atoms with Crippen LogP contribution in [0.2, 0.25) is 0 Å². The molecular weight excluding hydrogens is 853 g/mol. The van der Waals surface area contributed by atoms with Crippen molar-refractivity contribution in [3.8, 4) is 0 Å². The van der Waals surface area contributed by atoms with Crippen LogP contribution in [-0.4, -0.2) is 142 Å². The van der Waals surface area contributed by atoms with Crippen LogP contribution in [-0.2, 0) is 38.0 Å². The van der Waals surface area contributed by atoms with Crippen molar-refractivity contribution in [1.29, 1.82) is 0 Å². The van der Waals surface area contributed by atoms with Crippen molar-refractivity contribution in [2.24, 2.45) is 0 Å². The number of rotatable bonds is 34. The normalized spacial score (nSPS) is 27.0. The molecule has 2 fully saturated rings. The molecule has 0 bridgehead atoms. The summed E-state index contributed by atoms with van der Waals surface area (Å²) in [5, 5.41) is 72.0. The van der Waals surface area contributed by atoms with E-state index in [0.717, 1.165) is 77.0 Å². The molecule has 0 aliphatic carbocycles. The van der Waals surface area contributed by atoms with E-state index in [2.05, 4.69) is 111 Å². The topological polar surface area (TPSA) is 231 Å². The molecule has 0 aromatic heterocycles. The molecule has 2 aliphatic rings. The van der Waals surface area contributed by atoms with E-state index in [1.165, 1.54) is 0 Å². The third-order valence-electron chi connectivity index (χ3n) is 10.6. The Balaban J connectivity index is 1.88. The number of carbonyl (C=O) groups excluding carboxylic acids is 2. The largest absolute Gasteiger partial charge is 0.462 e. The molecule has 7 N–H and O–H groups in total. The number of aliphatic hydroxyl groups excluding tert-OH is 7. The van der Waals surface area contributed by atoms with Crippen molar-refractivity contribution in [2.45, 2.75) is 184 Å².